The molecule has 1 aromatic rings. The van der Waals surface area contributed by atoms with Gasteiger partial charge in [-0.15, -0.1) is 0 Å². The van der Waals surface area contributed by atoms with Crippen molar-refractivity contribution in [2.24, 2.45) is 5.73 Å². The van der Waals surface area contributed by atoms with Crippen LogP contribution in [0.15, 0.2) is 16.6 Å². The molecule has 5 heteroatoms. The van der Waals surface area contributed by atoms with Crippen molar-refractivity contribution in [3.63, 3.8) is 0 Å². The van der Waals surface area contributed by atoms with Crippen LogP contribution in [0.5, 0.6) is 5.75 Å². The number of benzene rings is 1. The van der Waals surface area contributed by atoms with Crippen molar-refractivity contribution >= 4 is 27.5 Å². The molecule has 0 bridgehead atoms. The Kier molecular flexibility index (Phi) is 4.65. The molecule has 0 aliphatic rings. The minimum absolute atomic E-state index is 0.0518. The van der Waals surface area contributed by atoms with Gasteiger partial charge < -0.3 is 10.5 Å². The van der Waals surface area contributed by atoms with Gasteiger partial charge in [-0.2, -0.15) is 0 Å². The smallest absolute Gasteiger partial charge is 0.184 e. The molecule has 0 saturated carbocycles. The van der Waals surface area contributed by atoms with E-state index in [0.717, 1.165) is 0 Å². The molecule has 0 aliphatic carbocycles. The van der Waals surface area contributed by atoms with E-state index in [2.05, 4.69) is 15.9 Å². The van der Waals surface area contributed by atoms with Gasteiger partial charge in [0.05, 0.1) is 16.1 Å². The summed E-state index contributed by atoms with van der Waals surface area (Å²) in [7, 11) is 0. The molecule has 0 aliphatic heterocycles. The number of rotatable bonds is 4. The predicted molar refractivity (Wildman–Crippen MR) is 58.3 cm³/mol. The third-order valence-corrected chi connectivity index (χ3v) is 2.51. The molecule has 2 nitrogen and oxygen atoms in total. The van der Waals surface area contributed by atoms with E-state index in [1.807, 2.05) is 0 Å². The molecular weight excluding hydrogens is 272 g/mol. The summed E-state index contributed by atoms with van der Waals surface area (Å²) in [6.45, 7) is 0.895. The summed E-state index contributed by atoms with van der Waals surface area (Å²) < 4.78 is 19.1. The van der Waals surface area contributed by atoms with Gasteiger partial charge in [0.2, 0.25) is 0 Å². The van der Waals surface area contributed by atoms with Crippen molar-refractivity contribution < 1.29 is 9.13 Å². The van der Waals surface area contributed by atoms with Crippen molar-refractivity contribution in [3.8, 4) is 5.75 Å². The first kappa shape index (κ1) is 11.8. The summed E-state index contributed by atoms with van der Waals surface area (Å²) in [5.74, 6) is -0.399. The first-order chi connectivity index (χ1) is 6.66. The molecule has 0 radical (unpaired) electrons. The lowest BCUT2D eigenvalue weighted by Gasteiger charge is -2.09. The minimum Gasteiger partial charge on any atom is -0.489 e. The van der Waals surface area contributed by atoms with Crippen LogP contribution in [-0.4, -0.2) is 13.2 Å². The molecule has 1 rings (SSSR count). The van der Waals surface area contributed by atoms with E-state index >= 15 is 0 Å². The summed E-state index contributed by atoms with van der Waals surface area (Å²) in [4.78, 5) is 0. The molecule has 0 heterocycles. The predicted octanol–water partition coefficient (Wildman–Crippen LogP) is 2.97. The second-order valence-corrected chi connectivity index (χ2v) is 3.92. The highest BCUT2D eigenvalue weighted by Gasteiger charge is 2.11. The Balaban J connectivity index is 2.79. The molecule has 0 spiro atoms. The van der Waals surface area contributed by atoms with Crippen LogP contribution in [0.1, 0.15) is 6.42 Å². The van der Waals surface area contributed by atoms with Gasteiger partial charge in [0, 0.05) is 0 Å². The van der Waals surface area contributed by atoms with E-state index in [1.54, 1.807) is 6.07 Å². The quantitative estimate of drug-likeness (QED) is 0.681. The fraction of sp³-hybridized carbons (Fsp3) is 0.333. The van der Waals surface area contributed by atoms with Gasteiger partial charge in [-0.3, -0.25) is 0 Å². The summed E-state index contributed by atoms with van der Waals surface area (Å²) in [6, 6.07) is 3.11. The molecule has 0 unspecified atom stereocenters. The molecule has 0 fully saturated rings. The third kappa shape index (κ3) is 2.83. The highest BCUT2D eigenvalue weighted by atomic mass is 79.9. The SMILES string of the molecule is NCCCOc1c(Br)ccc(Cl)c1F. The summed E-state index contributed by atoms with van der Waals surface area (Å²) in [5, 5.41) is 0.0518. The Hall–Kier alpha value is -0.320. The van der Waals surface area contributed by atoms with Crippen LogP contribution in [0.25, 0.3) is 0 Å². The summed E-state index contributed by atoms with van der Waals surface area (Å²) >= 11 is 8.78. The van der Waals surface area contributed by atoms with Crippen LogP contribution in [0, 0.1) is 5.82 Å². The monoisotopic (exact) mass is 281 g/mol. The van der Waals surface area contributed by atoms with Crippen LogP contribution in [0.4, 0.5) is 4.39 Å². The van der Waals surface area contributed by atoms with Gasteiger partial charge in [-0.25, -0.2) is 4.39 Å². The Morgan fingerprint density at radius 2 is 2.21 bits per heavy atom. The maximum Gasteiger partial charge on any atom is 0.184 e. The maximum absolute atomic E-state index is 13.4. The number of hydrogen-bond acceptors (Lipinski definition) is 2. The maximum atomic E-state index is 13.4. The van der Waals surface area contributed by atoms with Gasteiger partial charge in [-0.05, 0) is 41.0 Å². The Morgan fingerprint density at radius 1 is 1.50 bits per heavy atom. The van der Waals surface area contributed by atoms with Gasteiger partial charge in [0.15, 0.2) is 11.6 Å². The zero-order valence-corrected chi connectivity index (χ0v) is 9.74. The Bertz CT molecular complexity index is 322. The number of halogens is 3. The minimum atomic E-state index is -0.543. The van der Waals surface area contributed by atoms with E-state index < -0.39 is 5.82 Å². The summed E-state index contributed by atoms with van der Waals surface area (Å²) in [6.07, 6.45) is 0.679. The zero-order valence-electron chi connectivity index (χ0n) is 7.40. The summed E-state index contributed by atoms with van der Waals surface area (Å²) in [5.41, 5.74) is 5.29. The molecule has 14 heavy (non-hydrogen) atoms. The molecule has 0 saturated heterocycles. The molecule has 0 amide bonds. The first-order valence-corrected chi connectivity index (χ1v) is 5.30. The van der Waals surface area contributed by atoms with Crippen LogP contribution < -0.4 is 10.5 Å². The van der Waals surface area contributed by atoms with Crippen molar-refractivity contribution in [2.45, 2.75) is 6.42 Å². The lowest BCUT2D eigenvalue weighted by molar-refractivity contribution is 0.296. The van der Waals surface area contributed by atoms with E-state index in [4.69, 9.17) is 22.1 Å². The lowest BCUT2D eigenvalue weighted by Crippen LogP contribution is -2.07. The van der Waals surface area contributed by atoms with Gasteiger partial charge >= 0.3 is 0 Å². The molecule has 0 aromatic heterocycles. The van der Waals surface area contributed by atoms with Gasteiger partial charge in [-0.1, -0.05) is 11.6 Å². The number of nitrogens with two attached hydrogens (primary N) is 1. The first-order valence-electron chi connectivity index (χ1n) is 4.13. The number of ether oxygens (including phenoxy) is 1. The van der Waals surface area contributed by atoms with E-state index in [0.29, 0.717) is 24.0 Å². The largest absolute Gasteiger partial charge is 0.489 e. The van der Waals surface area contributed by atoms with Crippen molar-refractivity contribution in [1.82, 2.24) is 0 Å². The van der Waals surface area contributed by atoms with Crippen molar-refractivity contribution in [1.29, 1.82) is 0 Å². The van der Waals surface area contributed by atoms with E-state index in [9.17, 15) is 4.39 Å². The highest BCUT2D eigenvalue weighted by molar-refractivity contribution is 9.10. The topological polar surface area (TPSA) is 35.2 Å². The highest BCUT2D eigenvalue weighted by Crippen LogP contribution is 2.32. The number of hydrogen-bond donors (Lipinski definition) is 1. The molecule has 1 aromatic carbocycles. The lowest BCUT2D eigenvalue weighted by atomic mass is 10.3. The Morgan fingerprint density at radius 3 is 2.86 bits per heavy atom. The second kappa shape index (κ2) is 5.53. The average molecular weight is 283 g/mol. The standard InChI is InChI=1S/C9H10BrClFNO/c10-6-2-3-7(11)8(12)9(6)14-5-1-4-13/h2-3H,1,4-5,13H2. The molecule has 2 N–H and O–H groups in total. The van der Waals surface area contributed by atoms with Crippen molar-refractivity contribution in [2.75, 3.05) is 13.2 Å². The van der Waals surface area contributed by atoms with Gasteiger partial charge in [0.1, 0.15) is 0 Å². The zero-order chi connectivity index (χ0) is 10.6. The molecule has 0 atom stereocenters. The fourth-order valence-electron chi connectivity index (χ4n) is 0.898. The van der Waals surface area contributed by atoms with Crippen molar-refractivity contribution in [3.05, 3.63) is 27.4 Å². The normalized spacial score (nSPS) is 10.3. The second-order valence-electron chi connectivity index (χ2n) is 2.66. The molecular formula is C9H10BrClFNO. The Labute approximate surface area is 95.3 Å². The average Bonchev–Trinajstić information content (AvgIpc) is 2.18. The third-order valence-electron chi connectivity index (χ3n) is 1.60. The van der Waals surface area contributed by atoms with Crippen LogP contribution in [0.3, 0.4) is 0 Å². The van der Waals surface area contributed by atoms with Crippen LogP contribution in [0.2, 0.25) is 5.02 Å². The fourth-order valence-corrected chi connectivity index (χ4v) is 1.47. The van der Waals surface area contributed by atoms with E-state index in [1.165, 1.54) is 6.07 Å². The van der Waals surface area contributed by atoms with Crippen LogP contribution in [-0.2, 0) is 0 Å². The van der Waals surface area contributed by atoms with Gasteiger partial charge in [0.25, 0.3) is 0 Å². The van der Waals surface area contributed by atoms with Crippen LogP contribution >= 0.6 is 27.5 Å². The van der Waals surface area contributed by atoms with E-state index in [-0.39, 0.29) is 10.8 Å². The molecule has 78 valence electrons.